The molecule has 0 bridgehead atoms. The third kappa shape index (κ3) is 5.29. The van der Waals surface area contributed by atoms with Gasteiger partial charge >= 0.3 is 5.97 Å². The van der Waals surface area contributed by atoms with Gasteiger partial charge in [-0.3, -0.25) is 4.79 Å². The lowest BCUT2D eigenvalue weighted by atomic mass is 10.1. The molecule has 0 aromatic heterocycles. The maximum atomic E-state index is 11.0. The summed E-state index contributed by atoms with van der Waals surface area (Å²) in [4.78, 5) is 13.1. The smallest absolute Gasteiger partial charge is 0.322 e. The van der Waals surface area contributed by atoms with Gasteiger partial charge in [0.2, 0.25) is 0 Å². The highest BCUT2D eigenvalue weighted by molar-refractivity contribution is 5.73. The van der Waals surface area contributed by atoms with Crippen LogP contribution in [0.15, 0.2) is 30.3 Å². The number of benzene rings is 1. The summed E-state index contributed by atoms with van der Waals surface area (Å²) in [6.45, 7) is 3.97. The minimum absolute atomic E-state index is 0.490. The first-order chi connectivity index (χ1) is 8.63. The van der Waals surface area contributed by atoms with E-state index in [0.717, 1.165) is 13.0 Å². The number of hydrogen-bond donors (Lipinski definition) is 2. The van der Waals surface area contributed by atoms with E-state index in [1.165, 1.54) is 5.56 Å². The quantitative estimate of drug-likeness (QED) is 0.728. The van der Waals surface area contributed by atoms with E-state index in [-0.39, 0.29) is 0 Å². The van der Waals surface area contributed by atoms with Gasteiger partial charge < -0.3 is 15.3 Å². The fourth-order valence-corrected chi connectivity index (χ4v) is 1.84. The van der Waals surface area contributed by atoms with Crippen molar-refractivity contribution >= 4 is 5.97 Å². The highest BCUT2D eigenvalue weighted by Crippen LogP contribution is 2.01. The van der Waals surface area contributed by atoms with E-state index in [1.54, 1.807) is 0 Å². The fraction of sp³-hybridized carbons (Fsp3) is 0.500. The lowest BCUT2D eigenvalue weighted by molar-refractivity contribution is -0.139. The Bertz CT molecular complexity index is 354. The molecule has 0 saturated carbocycles. The average molecular weight is 250 g/mol. The number of aliphatic carboxylic acids is 1. The third-order valence-corrected chi connectivity index (χ3v) is 2.87. The van der Waals surface area contributed by atoms with Gasteiger partial charge in [-0.2, -0.15) is 0 Å². The van der Waals surface area contributed by atoms with Crippen molar-refractivity contribution in [3.63, 3.8) is 0 Å². The van der Waals surface area contributed by atoms with Crippen LogP contribution < -0.4 is 5.32 Å². The summed E-state index contributed by atoms with van der Waals surface area (Å²) in [5.41, 5.74) is 1.28. The van der Waals surface area contributed by atoms with E-state index in [2.05, 4.69) is 22.3 Å². The zero-order valence-corrected chi connectivity index (χ0v) is 11.1. The number of carboxylic acids is 1. The van der Waals surface area contributed by atoms with Crippen LogP contribution in [0.2, 0.25) is 0 Å². The maximum Gasteiger partial charge on any atom is 0.322 e. The van der Waals surface area contributed by atoms with E-state index < -0.39 is 12.0 Å². The van der Waals surface area contributed by atoms with E-state index >= 15 is 0 Å². The first kappa shape index (κ1) is 14.7. The number of likely N-dealkylation sites (N-methyl/N-ethyl adjacent to an activating group) is 2. The molecule has 2 N–H and O–H groups in total. The predicted molar refractivity (Wildman–Crippen MR) is 72.7 cm³/mol. The number of carbonyl (C=O) groups is 1. The van der Waals surface area contributed by atoms with Crippen LogP contribution in [-0.2, 0) is 11.2 Å². The summed E-state index contributed by atoms with van der Waals surface area (Å²) >= 11 is 0. The van der Waals surface area contributed by atoms with Crippen LogP contribution in [0.25, 0.3) is 0 Å². The van der Waals surface area contributed by atoms with Gasteiger partial charge in [-0.15, -0.1) is 0 Å². The van der Waals surface area contributed by atoms with Crippen molar-refractivity contribution in [2.45, 2.75) is 19.4 Å². The van der Waals surface area contributed by atoms with E-state index in [4.69, 9.17) is 5.11 Å². The predicted octanol–water partition coefficient (Wildman–Crippen LogP) is 1.22. The van der Waals surface area contributed by atoms with Gasteiger partial charge in [0.05, 0.1) is 0 Å². The van der Waals surface area contributed by atoms with E-state index in [1.807, 2.05) is 32.2 Å². The molecule has 0 aliphatic rings. The number of nitrogens with zero attached hydrogens (tertiary/aromatic N) is 1. The molecule has 0 amide bonds. The Morgan fingerprint density at radius 2 is 2.06 bits per heavy atom. The minimum atomic E-state index is -0.789. The van der Waals surface area contributed by atoms with Gasteiger partial charge in [0.15, 0.2) is 0 Å². The molecule has 4 nitrogen and oxygen atoms in total. The van der Waals surface area contributed by atoms with Crippen LogP contribution in [0.3, 0.4) is 0 Å². The molecule has 1 rings (SSSR count). The second-order valence-corrected chi connectivity index (χ2v) is 4.45. The number of nitrogens with one attached hydrogen (secondary N) is 1. The molecule has 1 aromatic rings. The Balaban J connectivity index is 2.36. The largest absolute Gasteiger partial charge is 0.480 e. The molecule has 100 valence electrons. The Morgan fingerprint density at radius 3 is 2.61 bits per heavy atom. The molecule has 0 fully saturated rings. The second-order valence-electron chi connectivity index (χ2n) is 4.45. The maximum absolute atomic E-state index is 11.0. The number of carboxylic acid groups (broad SMARTS) is 1. The van der Waals surface area contributed by atoms with Crippen molar-refractivity contribution in [3.05, 3.63) is 35.9 Å². The van der Waals surface area contributed by atoms with E-state index in [9.17, 15) is 4.79 Å². The summed E-state index contributed by atoms with van der Waals surface area (Å²) in [6, 6.07) is 9.73. The molecule has 0 saturated heterocycles. The standard InChI is InChI=1S/C14H22N2O2/c1-3-15-13(14(17)18)11-16(2)10-9-12-7-5-4-6-8-12/h4-8,13,15H,3,9-11H2,1-2H3,(H,17,18). The molecule has 0 radical (unpaired) electrons. The minimum Gasteiger partial charge on any atom is -0.480 e. The Hall–Kier alpha value is -1.39. The van der Waals surface area contributed by atoms with Gasteiger partial charge in [-0.05, 0) is 25.6 Å². The highest BCUT2D eigenvalue weighted by Gasteiger charge is 2.17. The molecular weight excluding hydrogens is 228 g/mol. The normalized spacial score (nSPS) is 12.6. The van der Waals surface area contributed by atoms with Crippen molar-refractivity contribution in [3.8, 4) is 0 Å². The molecule has 4 heteroatoms. The van der Waals surface area contributed by atoms with Crippen LogP contribution in [0.1, 0.15) is 12.5 Å². The molecule has 1 aromatic carbocycles. The van der Waals surface area contributed by atoms with Crippen LogP contribution in [0.5, 0.6) is 0 Å². The summed E-state index contributed by atoms with van der Waals surface area (Å²) in [6.07, 6.45) is 0.940. The van der Waals surface area contributed by atoms with Gasteiger partial charge in [0.1, 0.15) is 6.04 Å². The monoisotopic (exact) mass is 250 g/mol. The first-order valence-electron chi connectivity index (χ1n) is 6.32. The molecule has 0 heterocycles. The van der Waals surface area contributed by atoms with Crippen LogP contribution in [0, 0.1) is 0 Å². The Kier molecular flexibility index (Phi) is 6.39. The first-order valence-corrected chi connectivity index (χ1v) is 6.32. The molecular formula is C14H22N2O2. The number of rotatable bonds is 8. The fourth-order valence-electron chi connectivity index (χ4n) is 1.84. The average Bonchev–Trinajstić information content (AvgIpc) is 2.37. The molecule has 0 aliphatic heterocycles. The Labute approximate surface area is 109 Å². The molecule has 1 atom stereocenters. The third-order valence-electron chi connectivity index (χ3n) is 2.87. The summed E-state index contributed by atoms with van der Waals surface area (Å²) in [7, 11) is 1.95. The Morgan fingerprint density at radius 1 is 1.39 bits per heavy atom. The van der Waals surface area contributed by atoms with Crippen LogP contribution in [-0.4, -0.2) is 48.7 Å². The highest BCUT2D eigenvalue weighted by atomic mass is 16.4. The number of hydrogen-bond acceptors (Lipinski definition) is 3. The SMILES string of the molecule is CCNC(CN(C)CCc1ccccc1)C(=O)O. The summed E-state index contributed by atoms with van der Waals surface area (Å²) in [5, 5.41) is 12.0. The van der Waals surface area contributed by atoms with Crippen molar-refractivity contribution in [1.29, 1.82) is 0 Å². The lowest BCUT2D eigenvalue weighted by Crippen LogP contribution is -2.45. The zero-order chi connectivity index (χ0) is 13.4. The molecule has 0 aliphatic carbocycles. The molecule has 1 unspecified atom stereocenters. The second kappa shape index (κ2) is 7.84. The van der Waals surface area contributed by atoms with Crippen molar-refractivity contribution in [1.82, 2.24) is 10.2 Å². The van der Waals surface area contributed by atoms with Crippen LogP contribution >= 0.6 is 0 Å². The lowest BCUT2D eigenvalue weighted by Gasteiger charge is -2.21. The van der Waals surface area contributed by atoms with Gasteiger partial charge in [-0.25, -0.2) is 0 Å². The topological polar surface area (TPSA) is 52.6 Å². The summed E-state index contributed by atoms with van der Waals surface area (Å²) in [5.74, 6) is -0.789. The van der Waals surface area contributed by atoms with E-state index in [0.29, 0.717) is 13.1 Å². The van der Waals surface area contributed by atoms with Gasteiger partial charge in [0, 0.05) is 13.1 Å². The van der Waals surface area contributed by atoms with Crippen molar-refractivity contribution in [2.24, 2.45) is 0 Å². The van der Waals surface area contributed by atoms with Crippen LogP contribution in [0.4, 0.5) is 0 Å². The molecule has 18 heavy (non-hydrogen) atoms. The van der Waals surface area contributed by atoms with Crippen molar-refractivity contribution in [2.75, 3.05) is 26.7 Å². The van der Waals surface area contributed by atoms with Gasteiger partial charge in [-0.1, -0.05) is 37.3 Å². The van der Waals surface area contributed by atoms with Crippen molar-refractivity contribution < 1.29 is 9.90 Å². The zero-order valence-electron chi connectivity index (χ0n) is 11.1. The molecule has 0 spiro atoms. The van der Waals surface area contributed by atoms with Gasteiger partial charge in [0.25, 0.3) is 0 Å². The summed E-state index contributed by atoms with van der Waals surface area (Å²) < 4.78 is 0.